The van der Waals surface area contributed by atoms with Crippen molar-refractivity contribution in [2.75, 3.05) is 13.6 Å². The molecule has 5 nitrogen and oxygen atoms in total. The van der Waals surface area contributed by atoms with Crippen molar-refractivity contribution in [3.63, 3.8) is 0 Å². The van der Waals surface area contributed by atoms with Gasteiger partial charge in [0, 0.05) is 25.9 Å². The van der Waals surface area contributed by atoms with E-state index in [0.29, 0.717) is 31.0 Å². The van der Waals surface area contributed by atoms with E-state index in [1.165, 1.54) is 12.8 Å². The number of aromatic nitrogens is 1. The minimum atomic E-state index is 0. The summed E-state index contributed by atoms with van der Waals surface area (Å²) in [6.07, 6.45) is 12.2. The molecule has 0 atom stereocenters. The Hall–Kier alpha value is -1.49. The molecular weight excluding hydrogens is 391 g/mol. The normalized spacial score (nSPS) is 14.8. The predicted molar refractivity (Wildman–Crippen MR) is 99.6 cm³/mol. The number of guanidine groups is 1. The second-order valence-corrected chi connectivity index (χ2v) is 5.01. The zero-order chi connectivity index (χ0) is 14.9. The zero-order valence-corrected chi connectivity index (χ0v) is 15.2. The SMILES string of the molecule is C#CCNC(=NC)NCc1ccc(OC2CCCC2)nc1.I. The maximum atomic E-state index is 5.84. The van der Waals surface area contributed by atoms with Crippen LogP contribution in [0.15, 0.2) is 23.3 Å². The summed E-state index contributed by atoms with van der Waals surface area (Å²) in [6.45, 7) is 1.09. The first kappa shape index (κ1) is 18.6. The third-order valence-corrected chi connectivity index (χ3v) is 3.43. The summed E-state index contributed by atoms with van der Waals surface area (Å²) in [5.74, 6) is 3.90. The monoisotopic (exact) mass is 414 g/mol. The number of aliphatic imine (C=N–C) groups is 1. The number of hydrogen-bond acceptors (Lipinski definition) is 3. The lowest BCUT2D eigenvalue weighted by molar-refractivity contribution is 0.201. The summed E-state index contributed by atoms with van der Waals surface area (Å²) < 4.78 is 5.84. The van der Waals surface area contributed by atoms with Crippen LogP contribution < -0.4 is 15.4 Å². The molecule has 1 fully saturated rings. The summed E-state index contributed by atoms with van der Waals surface area (Å²) in [5, 5.41) is 6.18. The molecule has 22 heavy (non-hydrogen) atoms. The molecule has 120 valence electrons. The van der Waals surface area contributed by atoms with Crippen molar-refractivity contribution in [1.82, 2.24) is 15.6 Å². The van der Waals surface area contributed by atoms with Crippen molar-refractivity contribution in [1.29, 1.82) is 0 Å². The minimum absolute atomic E-state index is 0. The summed E-state index contributed by atoms with van der Waals surface area (Å²) in [5.41, 5.74) is 1.07. The number of hydrogen-bond donors (Lipinski definition) is 2. The molecule has 2 N–H and O–H groups in total. The first-order chi connectivity index (χ1) is 10.3. The molecule has 1 aliphatic carbocycles. The van der Waals surface area contributed by atoms with E-state index < -0.39 is 0 Å². The number of nitrogens with one attached hydrogen (secondary N) is 2. The molecule has 0 radical (unpaired) electrons. The Balaban J connectivity index is 0.00000242. The first-order valence-electron chi connectivity index (χ1n) is 7.31. The van der Waals surface area contributed by atoms with E-state index >= 15 is 0 Å². The van der Waals surface area contributed by atoms with Crippen molar-refractivity contribution in [3.8, 4) is 18.2 Å². The predicted octanol–water partition coefficient (Wildman–Crippen LogP) is 2.32. The number of nitrogens with zero attached hydrogens (tertiary/aromatic N) is 2. The Morgan fingerprint density at radius 2 is 2.18 bits per heavy atom. The smallest absolute Gasteiger partial charge is 0.213 e. The van der Waals surface area contributed by atoms with Crippen LogP contribution in [0.1, 0.15) is 31.2 Å². The van der Waals surface area contributed by atoms with Gasteiger partial charge in [0.2, 0.25) is 5.88 Å². The van der Waals surface area contributed by atoms with Crippen LogP contribution in [0.2, 0.25) is 0 Å². The van der Waals surface area contributed by atoms with Gasteiger partial charge in [-0.2, -0.15) is 0 Å². The molecule has 0 spiro atoms. The molecule has 0 amide bonds. The molecule has 2 rings (SSSR count). The standard InChI is InChI=1S/C16H22N4O.HI/c1-3-10-18-16(17-2)20-12-13-8-9-15(19-11-13)21-14-6-4-5-7-14;/h1,8-9,11,14H,4-7,10,12H2,2H3,(H2,17,18,20);1H. The molecule has 1 saturated carbocycles. The molecule has 0 aliphatic heterocycles. The fourth-order valence-corrected chi connectivity index (χ4v) is 2.30. The van der Waals surface area contributed by atoms with Gasteiger partial charge in [-0.1, -0.05) is 12.0 Å². The van der Waals surface area contributed by atoms with E-state index in [4.69, 9.17) is 11.2 Å². The Kier molecular flexibility index (Phi) is 8.67. The van der Waals surface area contributed by atoms with Gasteiger partial charge in [-0.25, -0.2) is 4.98 Å². The molecular formula is C16H23IN4O. The lowest BCUT2D eigenvalue weighted by atomic mass is 10.3. The van der Waals surface area contributed by atoms with Crippen LogP contribution in [0.5, 0.6) is 5.88 Å². The van der Waals surface area contributed by atoms with E-state index in [0.717, 1.165) is 18.4 Å². The van der Waals surface area contributed by atoms with Crippen molar-refractivity contribution in [2.24, 2.45) is 4.99 Å². The number of halogens is 1. The van der Waals surface area contributed by atoms with Gasteiger partial charge in [0.05, 0.1) is 6.54 Å². The Labute approximate surface area is 149 Å². The van der Waals surface area contributed by atoms with Crippen LogP contribution in [0.3, 0.4) is 0 Å². The van der Waals surface area contributed by atoms with Crippen LogP contribution in [0.25, 0.3) is 0 Å². The van der Waals surface area contributed by atoms with Crippen LogP contribution in [0, 0.1) is 12.3 Å². The number of terminal acetylenes is 1. The van der Waals surface area contributed by atoms with E-state index in [1.807, 2.05) is 18.3 Å². The third kappa shape index (κ3) is 6.10. The van der Waals surface area contributed by atoms with Gasteiger partial charge in [0.25, 0.3) is 0 Å². The largest absolute Gasteiger partial charge is 0.474 e. The molecule has 0 bridgehead atoms. The Morgan fingerprint density at radius 1 is 1.41 bits per heavy atom. The molecule has 0 saturated heterocycles. The fraction of sp³-hybridized carbons (Fsp3) is 0.500. The van der Waals surface area contributed by atoms with Gasteiger partial charge in [-0.3, -0.25) is 4.99 Å². The molecule has 1 heterocycles. The van der Waals surface area contributed by atoms with Crippen molar-refractivity contribution < 1.29 is 4.74 Å². The highest BCUT2D eigenvalue weighted by molar-refractivity contribution is 14.0. The van der Waals surface area contributed by atoms with Gasteiger partial charge in [0.1, 0.15) is 6.10 Å². The van der Waals surface area contributed by atoms with Gasteiger partial charge in [-0.15, -0.1) is 30.4 Å². The highest BCUT2D eigenvalue weighted by Crippen LogP contribution is 2.22. The molecule has 1 aromatic heterocycles. The van der Waals surface area contributed by atoms with Gasteiger partial charge < -0.3 is 15.4 Å². The average molecular weight is 414 g/mol. The van der Waals surface area contributed by atoms with E-state index in [9.17, 15) is 0 Å². The summed E-state index contributed by atoms with van der Waals surface area (Å²) >= 11 is 0. The molecule has 0 aromatic carbocycles. The van der Waals surface area contributed by atoms with Gasteiger partial charge >= 0.3 is 0 Å². The Morgan fingerprint density at radius 3 is 2.77 bits per heavy atom. The maximum Gasteiger partial charge on any atom is 0.213 e. The highest BCUT2D eigenvalue weighted by atomic mass is 127. The molecule has 0 unspecified atom stereocenters. The lowest BCUT2D eigenvalue weighted by Gasteiger charge is -2.13. The van der Waals surface area contributed by atoms with Crippen LogP contribution >= 0.6 is 24.0 Å². The second-order valence-electron chi connectivity index (χ2n) is 5.01. The molecule has 1 aromatic rings. The van der Waals surface area contributed by atoms with Crippen molar-refractivity contribution in [2.45, 2.75) is 38.3 Å². The van der Waals surface area contributed by atoms with E-state index in [-0.39, 0.29) is 24.0 Å². The highest BCUT2D eigenvalue weighted by Gasteiger charge is 2.16. The van der Waals surface area contributed by atoms with E-state index in [2.05, 4.69) is 26.5 Å². The maximum absolute atomic E-state index is 5.84. The second kappa shape index (κ2) is 10.3. The van der Waals surface area contributed by atoms with Gasteiger partial charge in [0.15, 0.2) is 5.96 Å². The van der Waals surface area contributed by atoms with Gasteiger partial charge in [-0.05, 0) is 31.2 Å². The Bertz CT molecular complexity index is 504. The number of rotatable bonds is 5. The van der Waals surface area contributed by atoms with Crippen LogP contribution in [0.4, 0.5) is 0 Å². The van der Waals surface area contributed by atoms with Crippen LogP contribution in [-0.4, -0.2) is 30.6 Å². The summed E-state index contributed by atoms with van der Waals surface area (Å²) in [7, 11) is 1.71. The van der Waals surface area contributed by atoms with Crippen LogP contribution in [-0.2, 0) is 6.54 Å². The average Bonchev–Trinajstić information content (AvgIpc) is 3.02. The summed E-state index contributed by atoms with van der Waals surface area (Å²) in [4.78, 5) is 8.43. The van der Waals surface area contributed by atoms with E-state index in [1.54, 1.807) is 7.05 Å². The number of pyridine rings is 1. The fourth-order valence-electron chi connectivity index (χ4n) is 2.30. The minimum Gasteiger partial charge on any atom is -0.474 e. The number of ether oxygens (including phenoxy) is 1. The lowest BCUT2D eigenvalue weighted by Crippen LogP contribution is -2.36. The van der Waals surface area contributed by atoms with Crippen molar-refractivity contribution in [3.05, 3.63) is 23.9 Å². The first-order valence-corrected chi connectivity index (χ1v) is 7.31. The topological polar surface area (TPSA) is 58.5 Å². The quantitative estimate of drug-likeness (QED) is 0.336. The van der Waals surface area contributed by atoms with Crippen molar-refractivity contribution >= 4 is 29.9 Å². The third-order valence-electron chi connectivity index (χ3n) is 3.43. The summed E-state index contributed by atoms with van der Waals surface area (Å²) in [6, 6.07) is 3.94. The zero-order valence-electron chi connectivity index (χ0n) is 12.8. The molecule has 1 aliphatic rings. The molecule has 6 heteroatoms.